The van der Waals surface area contributed by atoms with E-state index >= 15 is 0 Å². The number of hydrogen-bond donors (Lipinski definition) is 1. The van der Waals surface area contributed by atoms with Crippen LogP contribution in [-0.2, 0) is 0 Å². The van der Waals surface area contributed by atoms with Crippen molar-refractivity contribution in [1.82, 2.24) is 4.90 Å². The fourth-order valence-corrected chi connectivity index (χ4v) is 3.66. The summed E-state index contributed by atoms with van der Waals surface area (Å²) >= 11 is 4.86. The van der Waals surface area contributed by atoms with Crippen molar-refractivity contribution >= 4 is 33.2 Å². The minimum Gasteiger partial charge on any atom is -0.338 e. The summed E-state index contributed by atoms with van der Waals surface area (Å²) in [5.74, 6) is 0.126. The van der Waals surface area contributed by atoms with Crippen LogP contribution < -0.4 is 5.73 Å². The van der Waals surface area contributed by atoms with E-state index in [1.807, 2.05) is 23.4 Å². The van der Waals surface area contributed by atoms with Gasteiger partial charge in [0.05, 0.1) is 4.88 Å². The van der Waals surface area contributed by atoms with Crippen LogP contribution in [0.4, 0.5) is 0 Å². The molecule has 1 aliphatic carbocycles. The average molecular weight is 317 g/mol. The van der Waals surface area contributed by atoms with E-state index in [4.69, 9.17) is 5.73 Å². The summed E-state index contributed by atoms with van der Waals surface area (Å²) < 4.78 is 0.977. The van der Waals surface area contributed by atoms with E-state index in [-0.39, 0.29) is 5.91 Å². The molecule has 17 heavy (non-hydrogen) atoms. The van der Waals surface area contributed by atoms with Crippen molar-refractivity contribution in [2.45, 2.75) is 37.8 Å². The van der Waals surface area contributed by atoms with Gasteiger partial charge in [0.2, 0.25) is 0 Å². The van der Waals surface area contributed by atoms with Gasteiger partial charge in [0.25, 0.3) is 5.91 Å². The molecular weight excluding hydrogens is 300 g/mol. The average Bonchev–Trinajstić information content (AvgIpc) is 2.75. The molecule has 1 fully saturated rings. The van der Waals surface area contributed by atoms with Crippen LogP contribution in [0.3, 0.4) is 0 Å². The van der Waals surface area contributed by atoms with E-state index < -0.39 is 0 Å². The van der Waals surface area contributed by atoms with Gasteiger partial charge in [0, 0.05) is 29.0 Å². The third-order valence-corrected chi connectivity index (χ3v) is 5.07. The van der Waals surface area contributed by atoms with Crippen LogP contribution in [0.25, 0.3) is 0 Å². The lowest BCUT2D eigenvalue weighted by Gasteiger charge is -2.33. The number of rotatable bonds is 2. The standard InChI is InChI=1S/C12H17BrN2OS/c1-15(10-4-2-9(14)3-5-10)12(16)11-6-8(13)7-17-11/h6-7,9-10H,2-5,14H2,1H3. The van der Waals surface area contributed by atoms with Crippen molar-refractivity contribution in [3.05, 3.63) is 20.8 Å². The quantitative estimate of drug-likeness (QED) is 0.912. The first-order chi connectivity index (χ1) is 8.08. The Balaban J connectivity index is 2.00. The highest BCUT2D eigenvalue weighted by Crippen LogP contribution is 2.25. The zero-order valence-electron chi connectivity index (χ0n) is 9.86. The lowest BCUT2D eigenvalue weighted by atomic mass is 9.91. The molecule has 0 bridgehead atoms. The highest BCUT2D eigenvalue weighted by molar-refractivity contribution is 9.10. The number of thiophene rings is 1. The molecular formula is C12H17BrN2OS. The van der Waals surface area contributed by atoms with Gasteiger partial charge < -0.3 is 10.6 Å². The Labute approximate surface area is 114 Å². The molecule has 2 rings (SSSR count). The smallest absolute Gasteiger partial charge is 0.263 e. The van der Waals surface area contributed by atoms with E-state index in [2.05, 4.69) is 15.9 Å². The van der Waals surface area contributed by atoms with Crippen molar-refractivity contribution < 1.29 is 4.79 Å². The van der Waals surface area contributed by atoms with Gasteiger partial charge in [0.15, 0.2) is 0 Å². The topological polar surface area (TPSA) is 46.3 Å². The molecule has 2 N–H and O–H groups in total. The summed E-state index contributed by atoms with van der Waals surface area (Å²) in [4.78, 5) is 14.9. The van der Waals surface area contributed by atoms with Gasteiger partial charge in [-0.25, -0.2) is 0 Å². The van der Waals surface area contributed by atoms with Crippen LogP contribution in [0.15, 0.2) is 15.9 Å². The summed E-state index contributed by atoms with van der Waals surface area (Å²) in [5.41, 5.74) is 5.88. The monoisotopic (exact) mass is 316 g/mol. The van der Waals surface area contributed by atoms with E-state index in [9.17, 15) is 4.79 Å². The van der Waals surface area contributed by atoms with Crippen LogP contribution in [0.1, 0.15) is 35.4 Å². The fourth-order valence-electron chi connectivity index (χ4n) is 2.25. The van der Waals surface area contributed by atoms with Gasteiger partial charge in [-0.1, -0.05) is 0 Å². The second kappa shape index (κ2) is 5.50. The second-order valence-corrected chi connectivity index (χ2v) is 6.44. The highest BCUT2D eigenvalue weighted by Gasteiger charge is 2.26. The molecule has 3 nitrogen and oxygen atoms in total. The van der Waals surface area contributed by atoms with E-state index in [1.54, 1.807) is 0 Å². The molecule has 0 radical (unpaired) electrons. The van der Waals surface area contributed by atoms with Crippen molar-refractivity contribution in [3.63, 3.8) is 0 Å². The van der Waals surface area contributed by atoms with Gasteiger partial charge in [-0.15, -0.1) is 11.3 Å². The van der Waals surface area contributed by atoms with Crippen LogP contribution >= 0.6 is 27.3 Å². The molecule has 1 heterocycles. The van der Waals surface area contributed by atoms with E-state index in [0.29, 0.717) is 12.1 Å². The Hall–Kier alpha value is -0.390. The van der Waals surface area contributed by atoms with Crippen molar-refractivity contribution in [2.24, 2.45) is 5.73 Å². The number of amides is 1. The van der Waals surface area contributed by atoms with E-state index in [1.165, 1.54) is 11.3 Å². The molecule has 0 unspecified atom stereocenters. The zero-order chi connectivity index (χ0) is 12.4. The predicted molar refractivity (Wildman–Crippen MR) is 74.3 cm³/mol. The first kappa shape index (κ1) is 13.1. The number of halogens is 1. The highest BCUT2D eigenvalue weighted by atomic mass is 79.9. The maximum absolute atomic E-state index is 12.2. The molecule has 0 aliphatic heterocycles. The van der Waals surface area contributed by atoms with Crippen LogP contribution in [-0.4, -0.2) is 29.9 Å². The van der Waals surface area contributed by atoms with Crippen molar-refractivity contribution in [1.29, 1.82) is 0 Å². The molecule has 1 saturated carbocycles. The molecule has 1 aliphatic rings. The Morgan fingerprint density at radius 2 is 2.12 bits per heavy atom. The Morgan fingerprint density at radius 3 is 2.65 bits per heavy atom. The van der Waals surface area contributed by atoms with E-state index in [0.717, 1.165) is 35.0 Å². The Kier molecular flexibility index (Phi) is 4.22. The minimum atomic E-state index is 0.126. The molecule has 5 heteroatoms. The Morgan fingerprint density at radius 1 is 1.47 bits per heavy atom. The lowest BCUT2D eigenvalue weighted by Crippen LogP contribution is -2.41. The fraction of sp³-hybridized carbons (Fsp3) is 0.583. The third-order valence-electron chi connectivity index (χ3n) is 3.39. The van der Waals surface area contributed by atoms with Crippen LogP contribution in [0, 0.1) is 0 Å². The first-order valence-electron chi connectivity index (χ1n) is 5.84. The third kappa shape index (κ3) is 3.09. The largest absolute Gasteiger partial charge is 0.338 e. The number of nitrogens with two attached hydrogens (primary N) is 1. The molecule has 1 aromatic heterocycles. The summed E-state index contributed by atoms with van der Waals surface area (Å²) in [6, 6.07) is 2.56. The van der Waals surface area contributed by atoms with Crippen LogP contribution in [0.5, 0.6) is 0 Å². The summed E-state index contributed by atoms with van der Waals surface area (Å²) in [6.45, 7) is 0. The normalized spacial score (nSPS) is 24.6. The Bertz CT molecular complexity index is 399. The number of carbonyl (C=O) groups is 1. The zero-order valence-corrected chi connectivity index (χ0v) is 12.3. The molecule has 94 valence electrons. The summed E-state index contributed by atoms with van der Waals surface area (Å²) in [6.07, 6.45) is 4.10. The van der Waals surface area contributed by atoms with Gasteiger partial charge in [0.1, 0.15) is 0 Å². The van der Waals surface area contributed by atoms with Crippen molar-refractivity contribution in [3.8, 4) is 0 Å². The molecule has 1 amide bonds. The number of carbonyl (C=O) groups excluding carboxylic acids is 1. The number of nitrogens with zero attached hydrogens (tertiary/aromatic N) is 1. The summed E-state index contributed by atoms with van der Waals surface area (Å²) in [5, 5.41) is 1.94. The molecule has 0 saturated heterocycles. The maximum atomic E-state index is 12.2. The van der Waals surface area contributed by atoms with Crippen molar-refractivity contribution in [2.75, 3.05) is 7.05 Å². The number of hydrogen-bond acceptors (Lipinski definition) is 3. The van der Waals surface area contributed by atoms with Gasteiger partial charge in [-0.05, 0) is 47.7 Å². The van der Waals surface area contributed by atoms with Gasteiger partial charge >= 0.3 is 0 Å². The maximum Gasteiger partial charge on any atom is 0.263 e. The molecule has 0 spiro atoms. The van der Waals surface area contributed by atoms with Crippen LogP contribution in [0.2, 0.25) is 0 Å². The molecule has 0 atom stereocenters. The van der Waals surface area contributed by atoms with Gasteiger partial charge in [-0.2, -0.15) is 0 Å². The van der Waals surface area contributed by atoms with Gasteiger partial charge in [-0.3, -0.25) is 4.79 Å². The SMILES string of the molecule is CN(C(=O)c1cc(Br)cs1)C1CCC(N)CC1. The summed E-state index contributed by atoms with van der Waals surface area (Å²) in [7, 11) is 1.90. The first-order valence-corrected chi connectivity index (χ1v) is 7.52. The predicted octanol–water partition coefficient (Wildman–Crippen LogP) is 2.85. The lowest BCUT2D eigenvalue weighted by molar-refractivity contribution is 0.0695. The molecule has 0 aromatic carbocycles. The minimum absolute atomic E-state index is 0.126. The molecule has 1 aromatic rings. The second-order valence-electron chi connectivity index (χ2n) is 4.61.